The lowest BCUT2D eigenvalue weighted by Gasteiger charge is -2.18. The van der Waals surface area contributed by atoms with Gasteiger partial charge in [-0.15, -0.1) is 0 Å². The summed E-state index contributed by atoms with van der Waals surface area (Å²) in [5, 5.41) is 9.34. The first-order valence-corrected chi connectivity index (χ1v) is 5.82. The van der Waals surface area contributed by atoms with E-state index in [-0.39, 0.29) is 12.5 Å². The van der Waals surface area contributed by atoms with Gasteiger partial charge in [-0.3, -0.25) is 0 Å². The molecule has 96 valence electrons. The van der Waals surface area contributed by atoms with E-state index in [1.165, 1.54) is 0 Å². The maximum atomic E-state index is 12.9. The fourth-order valence-corrected chi connectivity index (χ4v) is 1.52. The summed E-state index contributed by atoms with van der Waals surface area (Å²) in [4.78, 5) is 0. The Labute approximate surface area is 96.9 Å². The van der Waals surface area contributed by atoms with Crippen molar-refractivity contribution in [3.8, 4) is 0 Å². The molecule has 0 aromatic carbocycles. The van der Waals surface area contributed by atoms with Gasteiger partial charge in [-0.2, -0.15) is 0 Å². The molecule has 2 rings (SSSR count). The van der Waals surface area contributed by atoms with Crippen molar-refractivity contribution < 1.29 is 19.0 Å². The van der Waals surface area contributed by atoms with Gasteiger partial charge in [0.05, 0.1) is 32.0 Å². The molecule has 0 spiro atoms. The van der Waals surface area contributed by atoms with Crippen molar-refractivity contribution in [1.82, 2.24) is 0 Å². The fraction of sp³-hybridized carbons (Fsp3) is 1.00. The van der Waals surface area contributed by atoms with Crippen LogP contribution in [0.5, 0.6) is 0 Å². The van der Waals surface area contributed by atoms with Crippen LogP contribution in [0.1, 0.15) is 27.7 Å². The van der Waals surface area contributed by atoms with Crippen LogP contribution in [0, 0.1) is 11.8 Å². The molecule has 2 aliphatic heterocycles. The second kappa shape index (κ2) is 4.98. The van der Waals surface area contributed by atoms with Gasteiger partial charge in [0.15, 0.2) is 0 Å². The average Bonchev–Trinajstić information content (AvgIpc) is 2.60. The monoisotopic (exact) mass is 234 g/mol. The van der Waals surface area contributed by atoms with E-state index in [1.54, 1.807) is 6.92 Å². The van der Waals surface area contributed by atoms with Gasteiger partial charge in [-0.05, 0) is 13.8 Å². The van der Waals surface area contributed by atoms with Gasteiger partial charge in [0, 0.05) is 11.8 Å². The topological polar surface area (TPSA) is 38.7 Å². The van der Waals surface area contributed by atoms with Crippen molar-refractivity contribution in [1.29, 1.82) is 0 Å². The van der Waals surface area contributed by atoms with E-state index in [9.17, 15) is 9.50 Å². The van der Waals surface area contributed by atoms with Crippen molar-refractivity contribution in [2.24, 2.45) is 11.8 Å². The molecule has 2 heterocycles. The third kappa shape index (κ3) is 3.40. The Morgan fingerprint density at radius 1 is 1.06 bits per heavy atom. The first-order chi connectivity index (χ1) is 7.26. The van der Waals surface area contributed by atoms with Gasteiger partial charge in [0.1, 0.15) is 5.67 Å². The minimum atomic E-state index is -1.07. The van der Waals surface area contributed by atoms with E-state index < -0.39 is 11.3 Å². The molecule has 0 radical (unpaired) electrons. The van der Waals surface area contributed by atoms with Crippen LogP contribution < -0.4 is 0 Å². The molecule has 4 unspecified atom stereocenters. The molecule has 0 bridgehead atoms. The van der Waals surface area contributed by atoms with E-state index in [2.05, 4.69) is 0 Å². The predicted molar refractivity (Wildman–Crippen MR) is 60.1 cm³/mol. The van der Waals surface area contributed by atoms with Crippen LogP contribution >= 0.6 is 0 Å². The van der Waals surface area contributed by atoms with Crippen LogP contribution in [0.2, 0.25) is 0 Å². The summed E-state index contributed by atoms with van der Waals surface area (Å²) in [5.41, 5.74) is -1.64. The van der Waals surface area contributed by atoms with E-state index in [4.69, 9.17) is 9.47 Å². The number of aliphatic hydroxyl groups is 1. The fourth-order valence-electron chi connectivity index (χ4n) is 1.52. The minimum Gasteiger partial charge on any atom is -0.387 e. The average molecular weight is 234 g/mol. The van der Waals surface area contributed by atoms with Crippen molar-refractivity contribution in [3.05, 3.63) is 0 Å². The summed E-state index contributed by atoms with van der Waals surface area (Å²) in [6, 6.07) is 0. The molecule has 0 aromatic heterocycles. The zero-order valence-electron chi connectivity index (χ0n) is 10.6. The quantitative estimate of drug-likeness (QED) is 0.694. The normalized spacial score (nSPS) is 47.6. The van der Waals surface area contributed by atoms with Gasteiger partial charge < -0.3 is 14.6 Å². The zero-order valence-corrected chi connectivity index (χ0v) is 10.6. The molecule has 0 amide bonds. The number of rotatable bonds is 0. The molecule has 3 nitrogen and oxygen atoms in total. The van der Waals surface area contributed by atoms with Crippen molar-refractivity contribution >= 4 is 0 Å². The second-order valence-corrected chi connectivity index (χ2v) is 5.47. The summed E-state index contributed by atoms with van der Waals surface area (Å²) in [6.45, 7) is 9.30. The van der Waals surface area contributed by atoms with Crippen LogP contribution in [0.4, 0.5) is 4.39 Å². The molecule has 16 heavy (non-hydrogen) atoms. The lowest BCUT2D eigenvalue weighted by atomic mass is 9.95. The summed E-state index contributed by atoms with van der Waals surface area (Å²) in [5.74, 6) is 0.366. The van der Waals surface area contributed by atoms with Crippen molar-refractivity contribution in [3.63, 3.8) is 0 Å². The molecular formula is C12H23FO3. The van der Waals surface area contributed by atoms with Gasteiger partial charge in [-0.25, -0.2) is 4.39 Å². The first kappa shape index (κ1) is 13.9. The molecule has 0 aromatic rings. The highest BCUT2D eigenvalue weighted by atomic mass is 19.1. The first-order valence-electron chi connectivity index (χ1n) is 5.82. The molecule has 4 atom stereocenters. The second-order valence-electron chi connectivity index (χ2n) is 5.47. The standard InChI is InChI=1S/C6H11FO.C6H12O2/c2*1-5-3-8-4-6(5,2)7/h5H,3-4H2,1-2H3;5,7H,3-4H2,1-2H3. The number of ether oxygens (including phenoxy) is 2. The summed E-state index contributed by atoms with van der Waals surface area (Å²) >= 11 is 0. The summed E-state index contributed by atoms with van der Waals surface area (Å²) in [7, 11) is 0. The van der Waals surface area contributed by atoms with E-state index in [1.807, 2.05) is 20.8 Å². The van der Waals surface area contributed by atoms with Crippen molar-refractivity contribution in [2.75, 3.05) is 26.4 Å². The highest BCUT2D eigenvalue weighted by Crippen LogP contribution is 2.27. The lowest BCUT2D eigenvalue weighted by molar-refractivity contribution is 0.0233. The maximum absolute atomic E-state index is 12.9. The van der Waals surface area contributed by atoms with Gasteiger partial charge in [0.2, 0.25) is 0 Å². The molecule has 2 saturated heterocycles. The van der Waals surface area contributed by atoms with Gasteiger partial charge in [0.25, 0.3) is 0 Å². The maximum Gasteiger partial charge on any atom is 0.136 e. The highest BCUT2D eigenvalue weighted by molar-refractivity contribution is 4.84. The molecule has 0 aliphatic carbocycles. The zero-order chi connectivity index (χ0) is 12.4. The summed E-state index contributed by atoms with van der Waals surface area (Å²) < 4.78 is 22.8. The van der Waals surface area contributed by atoms with Crippen LogP contribution in [0.3, 0.4) is 0 Å². The molecule has 1 N–H and O–H groups in total. The van der Waals surface area contributed by atoms with Gasteiger partial charge >= 0.3 is 0 Å². The summed E-state index contributed by atoms with van der Waals surface area (Å²) in [6.07, 6.45) is 0. The Kier molecular flexibility index (Phi) is 4.32. The minimum absolute atomic E-state index is 0.0718. The van der Waals surface area contributed by atoms with Crippen LogP contribution in [0.25, 0.3) is 0 Å². The Morgan fingerprint density at radius 3 is 1.69 bits per heavy atom. The van der Waals surface area contributed by atoms with Gasteiger partial charge in [-0.1, -0.05) is 13.8 Å². The van der Waals surface area contributed by atoms with Crippen LogP contribution in [-0.2, 0) is 9.47 Å². The van der Waals surface area contributed by atoms with Crippen LogP contribution in [-0.4, -0.2) is 42.8 Å². The van der Waals surface area contributed by atoms with Crippen LogP contribution in [0.15, 0.2) is 0 Å². The third-order valence-corrected chi connectivity index (χ3v) is 3.60. The smallest absolute Gasteiger partial charge is 0.136 e. The predicted octanol–water partition coefficient (Wildman–Crippen LogP) is 1.78. The SMILES string of the molecule is CC1COCC1(C)F.CC1COCC1(C)O. The van der Waals surface area contributed by atoms with E-state index in [0.29, 0.717) is 25.7 Å². The lowest BCUT2D eigenvalue weighted by Crippen LogP contribution is -2.30. The molecule has 2 fully saturated rings. The molecule has 0 saturated carbocycles. The number of halogens is 1. The Hall–Kier alpha value is -0.190. The molecule has 2 aliphatic rings. The number of hydrogen-bond donors (Lipinski definition) is 1. The number of hydrogen-bond acceptors (Lipinski definition) is 3. The van der Waals surface area contributed by atoms with E-state index >= 15 is 0 Å². The Balaban J connectivity index is 0.000000160. The molecule has 4 heteroatoms. The molecular weight excluding hydrogens is 211 g/mol. The largest absolute Gasteiger partial charge is 0.387 e. The third-order valence-electron chi connectivity index (χ3n) is 3.60. The van der Waals surface area contributed by atoms with E-state index in [0.717, 1.165) is 0 Å². The number of alkyl halides is 1. The highest BCUT2D eigenvalue weighted by Gasteiger charge is 2.36. The van der Waals surface area contributed by atoms with Crippen molar-refractivity contribution in [2.45, 2.75) is 39.0 Å². The Bertz CT molecular complexity index is 204. The Morgan fingerprint density at radius 2 is 1.56 bits per heavy atom.